The van der Waals surface area contributed by atoms with Gasteiger partial charge < -0.3 is 15.8 Å². The lowest BCUT2D eigenvalue weighted by atomic mass is 10.2. The molecule has 0 aromatic heterocycles. The summed E-state index contributed by atoms with van der Waals surface area (Å²) in [5, 5.41) is 2.79. The lowest BCUT2D eigenvalue weighted by Crippen LogP contribution is -2.38. The van der Waals surface area contributed by atoms with E-state index < -0.39 is 6.10 Å². The summed E-state index contributed by atoms with van der Waals surface area (Å²) in [4.78, 5) is 11.7. The van der Waals surface area contributed by atoms with Crippen LogP contribution in [0.1, 0.15) is 20.3 Å². The molecule has 4 nitrogen and oxygen atoms in total. The van der Waals surface area contributed by atoms with E-state index in [0.717, 1.165) is 6.42 Å². The molecule has 0 fully saturated rings. The third kappa shape index (κ3) is 6.47. The van der Waals surface area contributed by atoms with E-state index in [-0.39, 0.29) is 24.4 Å². The number of halogens is 1. The molecule has 0 spiro atoms. The topological polar surface area (TPSA) is 64.3 Å². The van der Waals surface area contributed by atoms with Gasteiger partial charge in [0, 0.05) is 12.6 Å². The summed E-state index contributed by atoms with van der Waals surface area (Å²) >= 11 is 0. The molecular weight excluding hydrogens is 252 g/mol. The Balaban J connectivity index is 0.00000289. The average molecular weight is 273 g/mol. The first-order chi connectivity index (χ1) is 8.09. The number of rotatable bonds is 6. The van der Waals surface area contributed by atoms with Gasteiger partial charge in [-0.1, -0.05) is 18.2 Å². The smallest absolute Gasteiger partial charge is 0.260 e. The van der Waals surface area contributed by atoms with Crippen molar-refractivity contribution in [2.45, 2.75) is 32.4 Å². The molecule has 102 valence electrons. The normalized spacial score (nSPS) is 13.1. The van der Waals surface area contributed by atoms with E-state index >= 15 is 0 Å². The van der Waals surface area contributed by atoms with E-state index in [1.54, 1.807) is 6.92 Å². The first-order valence-corrected chi connectivity index (χ1v) is 5.84. The van der Waals surface area contributed by atoms with Gasteiger partial charge in [0.05, 0.1) is 0 Å². The first kappa shape index (κ1) is 16.7. The third-order valence-corrected chi connectivity index (χ3v) is 2.32. The Morgan fingerprint density at radius 2 is 1.94 bits per heavy atom. The van der Waals surface area contributed by atoms with Crippen molar-refractivity contribution < 1.29 is 9.53 Å². The third-order valence-electron chi connectivity index (χ3n) is 2.32. The molecule has 5 heteroatoms. The fourth-order valence-electron chi connectivity index (χ4n) is 1.32. The van der Waals surface area contributed by atoms with Crippen molar-refractivity contribution in [3.8, 4) is 5.75 Å². The minimum absolute atomic E-state index is 0. The van der Waals surface area contributed by atoms with Crippen LogP contribution in [0.2, 0.25) is 0 Å². The highest BCUT2D eigenvalue weighted by atomic mass is 35.5. The lowest BCUT2D eigenvalue weighted by molar-refractivity contribution is -0.127. The summed E-state index contributed by atoms with van der Waals surface area (Å²) < 4.78 is 5.49. The Bertz CT molecular complexity index is 344. The summed E-state index contributed by atoms with van der Waals surface area (Å²) in [7, 11) is 0. The minimum atomic E-state index is -0.495. The maximum atomic E-state index is 11.7. The second-order valence-electron chi connectivity index (χ2n) is 4.13. The number of nitrogens with one attached hydrogen (secondary N) is 1. The number of ether oxygens (including phenoxy) is 1. The SMILES string of the molecule is CC(N)CCNC(=O)C(C)Oc1ccccc1.Cl. The molecule has 0 heterocycles. The summed E-state index contributed by atoms with van der Waals surface area (Å²) in [5.41, 5.74) is 5.60. The number of hydrogen-bond donors (Lipinski definition) is 2. The van der Waals surface area contributed by atoms with E-state index in [4.69, 9.17) is 10.5 Å². The molecule has 18 heavy (non-hydrogen) atoms. The van der Waals surface area contributed by atoms with Crippen LogP contribution in [0.15, 0.2) is 30.3 Å². The van der Waals surface area contributed by atoms with E-state index in [0.29, 0.717) is 12.3 Å². The van der Waals surface area contributed by atoms with Gasteiger partial charge >= 0.3 is 0 Å². The van der Waals surface area contributed by atoms with Crippen molar-refractivity contribution in [3.63, 3.8) is 0 Å². The van der Waals surface area contributed by atoms with Crippen LogP contribution in [0.4, 0.5) is 0 Å². The molecule has 1 rings (SSSR count). The van der Waals surface area contributed by atoms with Gasteiger partial charge in [0.2, 0.25) is 0 Å². The Kier molecular flexibility index (Phi) is 8.16. The molecule has 0 aliphatic carbocycles. The predicted molar refractivity (Wildman–Crippen MR) is 75.1 cm³/mol. The summed E-state index contributed by atoms with van der Waals surface area (Å²) in [6.07, 6.45) is 0.273. The molecule has 2 atom stereocenters. The highest BCUT2D eigenvalue weighted by Crippen LogP contribution is 2.10. The van der Waals surface area contributed by atoms with Gasteiger partial charge in [-0.15, -0.1) is 12.4 Å². The standard InChI is InChI=1S/C13H20N2O2.ClH/c1-10(14)8-9-15-13(16)11(2)17-12-6-4-3-5-7-12;/h3-7,10-11H,8-9,14H2,1-2H3,(H,15,16);1H. The number of carbonyl (C=O) groups excluding carboxylic acids is 1. The van der Waals surface area contributed by atoms with E-state index in [9.17, 15) is 4.79 Å². The number of nitrogens with two attached hydrogens (primary N) is 1. The maximum Gasteiger partial charge on any atom is 0.260 e. The van der Waals surface area contributed by atoms with E-state index in [1.807, 2.05) is 37.3 Å². The molecule has 0 aliphatic rings. The van der Waals surface area contributed by atoms with Crippen molar-refractivity contribution >= 4 is 18.3 Å². The largest absolute Gasteiger partial charge is 0.481 e. The number of amides is 1. The summed E-state index contributed by atoms with van der Waals surface area (Å²) in [6.45, 7) is 4.23. The second kappa shape index (κ2) is 8.78. The zero-order chi connectivity index (χ0) is 12.7. The predicted octanol–water partition coefficient (Wildman–Crippen LogP) is 1.73. The zero-order valence-corrected chi connectivity index (χ0v) is 11.6. The van der Waals surface area contributed by atoms with Gasteiger partial charge in [-0.05, 0) is 32.4 Å². The molecule has 0 aliphatic heterocycles. The van der Waals surface area contributed by atoms with Crippen LogP contribution in [-0.2, 0) is 4.79 Å². The minimum Gasteiger partial charge on any atom is -0.481 e. The first-order valence-electron chi connectivity index (χ1n) is 5.84. The van der Waals surface area contributed by atoms with Crippen LogP contribution in [-0.4, -0.2) is 24.6 Å². The fourth-order valence-corrected chi connectivity index (χ4v) is 1.32. The van der Waals surface area contributed by atoms with Crippen molar-refractivity contribution in [2.24, 2.45) is 5.73 Å². The molecular formula is C13H21ClN2O2. The van der Waals surface area contributed by atoms with Crippen LogP contribution >= 0.6 is 12.4 Å². The van der Waals surface area contributed by atoms with E-state index in [1.165, 1.54) is 0 Å². The molecule has 0 saturated carbocycles. The number of hydrogen-bond acceptors (Lipinski definition) is 3. The lowest BCUT2D eigenvalue weighted by Gasteiger charge is -2.15. The Morgan fingerprint density at radius 1 is 1.33 bits per heavy atom. The molecule has 2 unspecified atom stereocenters. The quantitative estimate of drug-likeness (QED) is 0.829. The fraction of sp³-hybridized carbons (Fsp3) is 0.462. The Hall–Kier alpha value is -1.26. The van der Waals surface area contributed by atoms with Gasteiger partial charge in [-0.2, -0.15) is 0 Å². The number of benzene rings is 1. The van der Waals surface area contributed by atoms with Crippen LogP contribution < -0.4 is 15.8 Å². The van der Waals surface area contributed by atoms with Crippen molar-refractivity contribution in [1.29, 1.82) is 0 Å². The van der Waals surface area contributed by atoms with Gasteiger partial charge in [-0.3, -0.25) is 4.79 Å². The molecule has 0 radical (unpaired) electrons. The summed E-state index contributed by atoms with van der Waals surface area (Å²) in [6, 6.07) is 9.39. The van der Waals surface area contributed by atoms with Crippen molar-refractivity contribution in [3.05, 3.63) is 30.3 Å². The highest BCUT2D eigenvalue weighted by molar-refractivity contribution is 5.85. The van der Waals surface area contributed by atoms with E-state index in [2.05, 4.69) is 5.32 Å². The average Bonchev–Trinajstić information content (AvgIpc) is 2.29. The van der Waals surface area contributed by atoms with Crippen molar-refractivity contribution in [2.75, 3.05) is 6.54 Å². The maximum absolute atomic E-state index is 11.7. The van der Waals surface area contributed by atoms with Crippen LogP contribution in [0, 0.1) is 0 Å². The molecule has 3 N–H and O–H groups in total. The van der Waals surface area contributed by atoms with Gasteiger partial charge in [0.15, 0.2) is 6.10 Å². The molecule has 1 amide bonds. The summed E-state index contributed by atoms with van der Waals surface area (Å²) in [5.74, 6) is 0.580. The molecule has 0 bridgehead atoms. The molecule has 1 aromatic rings. The Labute approximate surface area is 114 Å². The molecule has 1 aromatic carbocycles. The van der Waals surface area contributed by atoms with Gasteiger partial charge in [-0.25, -0.2) is 0 Å². The van der Waals surface area contributed by atoms with Gasteiger partial charge in [0.25, 0.3) is 5.91 Å². The monoisotopic (exact) mass is 272 g/mol. The zero-order valence-electron chi connectivity index (χ0n) is 10.8. The van der Waals surface area contributed by atoms with Gasteiger partial charge in [0.1, 0.15) is 5.75 Å². The highest BCUT2D eigenvalue weighted by Gasteiger charge is 2.13. The van der Waals surface area contributed by atoms with Crippen LogP contribution in [0.5, 0.6) is 5.75 Å². The Morgan fingerprint density at radius 3 is 2.50 bits per heavy atom. The van der Waals surface area contributed by atoms with Crippen molar-refractivity contribution in [1.82, 2.24) is 5.32 Å². The van der Waals surface area contributed by atoms with Crippen LogP contribution in [0.3, 0.4) is 0 Å². The second-order valence-corrected chi connectivity index (χ2v) is 4.13. The molecule has 0 saturated heterocycles. The van der Waals surface area contributed by atoms with Crippen LogP contribution in [0.25, 0.3) is 0 Å². The number of para-hydroxylation sites is 1. The number of carbonyl (C=O) groups is 1.